The van der Waals surface area contributed by atoms with E-state index in [2.05, 4.69) is 10.4 Å². The molecule has 9 heteroatoms. The van der Waals surface area contributed by atoms with Crippen LogP contribution in [0, 0.1) is 5.82 Å². The summed E-state index contributed by atoms with van der Waals surface area (Å²) < 4.78 is 26.1. The highest BCUT2D eigenvalue weighted by molar-refractivity contribution is 7.50. The first-order valence-electron chi connectivity index (χ1n) is 8.62. The van der Waals surface area contributed by atoms with Gasteiger partial charge in [0.25, 0.3) is 0 Å². The first-order valence-corrected chi connectivity index (χ1v) is 10.4. The van der Waals surface area contributed by atoms with Crippen LogP contribution in [-0.2, 0) is 22.6 Å². The van der Waals surface area contributed by atoms with Gasteiger partial charge < -0.3 is 15.1 Å². The monoisotopic (exact) mass is 415 g/mol. The predicted octanol–water partition coefficient (Wildman–Crippen LogP) is 3.56. The Morgan fingerprint density at radius 2 is 1.90 bits per heavy atom. The number of rotatable bonds is 6. The number of anilines is 1. The summed E-state index contributed by atoms with van der Waals surface area (Å²) in [5.74, 6) is -0.807. The van der Waals surface area contributed by atoms with Crippen molar-refractivity contribution < 1.29 is 23.5 Å². The zero-order valence-corrected chi connectivity index (χ0v) is 16.4. The number of aromatic nitrogens is 2. The minimum absolute atomic E-state index is 0.329. The number of nitrogens with one attached hydrogen (secondary N) is 1. The third-order valence-corrected chi connectivity index (χ3v) is 4.90. The lowest BCUT2D eigenvalue weighted by Gasteiger charge is -2.10. The molecular formula is C20H19FN3O4P. The summed E-state index contributed by atoms with van der Waals surface area (Å²) in [7, 11) is -2.53. The molecule has 0 bridgehead atoms. The number of carbonyl (C=O) groups is 1. The number of halogens is 1. The molecule has 1 heterocycles. The number of nitrogens with zero attached hydrogens (tertiary/aromatic N) is 2. The Morgan fingerprint density at radius 3 is 2.59 bits per heavy atom. The van der Waals surface area contributed by atoms with Crippen molar-refractivity contribution in [2.24, 2.45) is 7.05 Å². The molecule has 0 aliphatic heterocycles. The second kappa shape index (κ2) is 8.53. The minimum Gasteiger partial charge on any atom is -0.324 e. The molecule has 3 rings (SSSR count). The summed E-state index contributed by atoms with van der Waals surface area (Å²) in [5.41, 5.74) is 2.80. The molecular weight excluding hydrogens is 396 g/mol. The second-order valence-corrected chi connectivity index (χ2v) is 8.03. The average molecular weight is 415 g/mol. The molecule has 2 aromatic carbocycles. The Balaban J connectivity index is 1.79. The Labute approximate surface area is 166 Å². The van der Waals surface area contributed by atoms with Gasteiger partial charge in [-0.3, -0.25) is 14.0 Å². The van der Waals surface area contributed by atoms with Gasteiger partial charge >= 0.3 is 7.60 Å². The fraction of sp³-hybridized carbons (Fsp3) is 0.100. The molecule has 7 nitrogen and oxygen atoms in total. The third kappa shape index (κ3) is 5.48. The van der Waals surface area contributed by atoms with E-state index in [4.69, 9.17) is 0 Å². The van der Waals surface area contributed by atoms with Gasteiger partial charge in [0.1, 0.15) is 5.82 Å². The molecule has 0 radical (unpaired) electrons. The van der Waals surface area contributed by atoms with E-state index >= 15 is 0 Å². The highest BCUT2D eigenvalue weighted by Crippen LogP contribution is 2.40. The SMILES string of the molecule is Cn1ncc(C=CC(=O)Nc2ccccc2CP(=O)(O)O)c1-c1ccc(F)cc1. The standard InChI is InChI=1S/C20H19FN3O4P/c1-24-20(14-6-9-17(21)10-7-14)15(12-22-24)8-11-19(25)23-18-5-3-2-4-16(18)13-29(26,27)28/h2-12H,13H2,1H3,(H,23,25)(H2,26,27,28). The maximum atomic E-state index is 13.2. The lowest BCUT2D eigenvalue weighted by atomic mass is 10.1. The number of hydrogen-bond donors (Lipinski definition) is 3. The van der Waals surface area contributed by atoms with Gasteiger partial charge in [-0.1, -0.05) is 18.2 Å². The molecule has 29 heavy (non-hydrogen) atoms. The van der Waals surface area contributed by atoms with Gasteiger partial charge in [0, 0.05) is 29.9 Å². The van der Waals surface area contributed by atoms with Gasteiger partial charge in [-0.15, -0.1) is 0 Å². The van der Waals surface area contributed by atoms with Crippen LogP contribution in [0.3, 0.4) is 0 Å². The first kappa shape index (κ1) is 20.7. The van der Waals surface area contributed by atoms with E-state index in [1.165, 1.54) is 18.2 Å². The van der Waals surface area contributed by atoms with Crippen LogP contribution in [-0.4, -0.2) is 25.5 Å². The maximum absolute atomic E-state index is 13.2. The third-order valence-electron chi connectivity index (χ3n) is 4.15. The Hall–Kier alpha value is -3.06. The highest BCUT2D eigenvalue weighted by Gasteiger charge is 2.17. The van der Waals surface area contributed by atoms with Gasteiger partial charge in [0.15, 0.2) is 0 Å². The number of benzene rings is 2. The number of carbonyl (C=O) groups excluding carboxylic acids is 1. The minimum atomic E-state index is -4.27. The van der Waals surface area contributed by atoms with E-state index in [0.29, 0.717) is 16.8 Å². The highest BCUT2D eigenvalue weighted by atomic mass is 31.2. The molecule has 0 aliphatic rings. The quantitative estimate of drug-likeness (QED) is 0.422. The van der Waals surface area contributed by atoms with E-state index in [9.17, 15) is 23.5 Å². The maximum Gasteiger partial charge on any atom is 0.329 e. The molecule has 3 aromatic rings. The van der Waals surface area contributed by atoms with Crippen molar-refractivity contribution in [3.8, 4) is 11.3 Å². The van der Waals surface area contributed by atoms with E-state index in [1.807, 2.05) is 0 Å². The van der Waals surface area contributed by atoms with E-state index < -0.39 is 19.7 Å². The van der Waals surface area contributed by atoms with Crippen LogP contribution in [0.5, 0.6) is 0 Å². The lowest BCUT2D eigenvalue weighted by molar-refractivity contribution is -0.111. The predicted molar refractivity (Wildman–Crippen MR) is 108 cm³/mol. The fourth-order valence-electron chi connectivity index (χ4n) is 2.88. The van der Waals surface area contributed by atoms with Crippen molar-refractivity contribution in [1.82, 2.24) is 9.78 Å². The van der Waals surface area contributed by atoms with Crippen molar-refractivity contribution in [2.45, 2.75) is 6.16 Å². The average Bonchev–Trinajstić information content (AvgIpc) is 3.02. The molecule has 0 atom stereocenters. The van der Waals surface area contributed by atoms with E-state index in [1.54, 1.807) is 60.4 Å². The largest absolute Gasteiger partial charge is 0.329 e. The second-order valence-electron chi connectivity index (χ2n) is 6.38. The summed E-state index contributed by atoms with van der Waals surface area (Å²) in [6.07, 6.45) is 4.00. The molecule has 0 unspecified atom stereocenters. The molecule has 0 saturated carbocycles. The summed E-state index contributed by atoms with van der Waals surface area (Å²) in [4.78, 5) is 30.7. The van der Waals surface area contributed by atoms with Crippen LogP contribution in [0.1, 0.15) is 11.1 Å². The van der Waals surface area contributed by atoms with Crippen molar-refractivity contribution in [1.29, 1.82) is 0 Å². The number of aryl methyl sites for hydroxylation is 1. The van der Waals surface area contributed by atoms with Gasteiger partial charge in [-0.25, -0.2) is 4.39 Å². The Kier molecular flexibility index (Phi) is 6.08. The molecule has 1 amide bonds. The van der Waals surface area contributed by atoms with Gasteiger partial charge in [0.05, 0.1) is 18.1 Å². The molecule has 3 N–H and O–H groups in total. The molecule has 0 spiro atoms. The van der Waals surface area contributed by atoms with Crippen LogP contribution < -0.4 is 5.32 Å². The summed E-state index contributed by atoms with van der Waals surface area (Å²) in [6.45, 7) is 0. The van der Waals surface area contributed by atoms with Crippen molar-refractivity contribution in [3.63, 3.8) is 0 Å². The lowest BCUT2D eigenvalue weighted by Crippen LogP contribution is -2.09. The number of amides is 1. The first-order chi connectivity index (χ1) is 13.7. The molecule has 150 valence electrons. The fourth-order valence-corrected chi connectivity index (χ4v) is 3.60. The van der Waals surface area contributed by atoms with Gasteiger partial charge in [0.2, 0.25) is 5.91 Å². The van der Waals surface area contributed by atoms with Gasteiger partial charge in [-0.05, 0) is 42.0 Å². The summed E-state index contributed by atoms with van der Waals surface area (Å²) >= 11 is 0. The normalized spacial score (nSPS) is 11.7. The van der Waals surface area contributed by atoms with Crippen molar-refractivity contribution in [2.75, 3.05) is 5.32 Å². The smallest absolute Gasteiger partial charge is 0.324 e. The van der Waals surface area contributed by atoms with E-state index in [0.717, 1.165) is 11.3 Å². The summed E-state index contributed by atoms with van der Waals surface area (Å²) in [5, 5.41) is 6.82. The Bertz CT molecular complexity index is 1100. The Morgan fingerprint density at radius 1 is 1.21 bits per heavy atom. The molecule has 0 aliphatic carbocycles. The molecule has 1 aromatic heterocycles. The number of hydrogen-bond acceptors (Lipinski definition) is 3. The van der Waals surface area contributed by atoms with Gasteiger partial charge in [-0.2, -0.15) is 5.10 Å². The zero-order chi connectivity index (χ0) is 21.0. The topological polar surface area (TPSA) is 104 Å². The van der Waals surface area contributed by atoms with Crippen LogP contribution >= 0.6 is 7.60 Å². The van der Waals surface area contributed by atoms with Crippen LogP contribution in [0.4, 0.5) is 10.1 Å². The van der Waals surface area contributed by atoms with Crippen LogP contribution in [0.15, 0.2) is 60.8 Å². The van der Waals surface area contributed by atoms with Crippen LogP contribution in [0.25, 0.3) is 17.3 Å². The summed E-state index contributed by atoms with van der Waals surface area (Å²) in [6, 6.07) is 12.4. The van der Waals surface area contributed by atoms with Crippen molar-refractivity contribution in [3.05, 3.63) is 77.7 Å². The molecule has 0 fully saturated rings. The number of para-hydroxylation sites is 1. The van der Waals surface area contributed by atoms with Crippen molar-refractivity contribution >= 4 is 25.3 Å². The molecule has 0 saturated heterocycles. The zero-order valence-electron chi connectivity index (χ0n) is 15.5. The van der Waals surface area contributed by atoms with E-state index in [-0.39, 0.29) is 5.82 Å². The van der Waals surface area contributed by atoms with Crippen LogP contribution in [0.2, 0.25) is 0 Å².